The number of anilines is 2. The fourth-order valence-electron chi connectivity index (χ4n) is 2.52. The van der Waals surface area contributed by atoms with Gasteiger partial charge in [-0.25, -0.2) is 9.97 Å². The van der Waals surface area contributed by atoms with Gasteiger partial charge >= 0.3 is 0 Å². The molecule has 2 heterocycles. The van der Waals surface area contributed by atoms with Gasteiger partial charge in [0.2, 0.25) is 0 Å². The Morgan fingerprint density at radius 1 is 1.09 bits per heavy atom. The van der Waals surface area contributed by atoms with Crippen LogP contribution in [0.4, 0.5) is 11.6 Å². The lowest BCUT2D eigenvalue weighted by Gasteiger charge is -2.33. The molecule has 1 N–H and O–H groups in total. The lowest BCUT2D eigenvalue weighted by molar-refractivity contribution is 0.102. The highest BCUT2D eigenvalue weighted by Gasteiger charge is 2.16. The highest BCUT2D eigenvalue weighted by molar-refractivity contribution is 6.03. The molecule has 1 amide bonds. The summed E-state index contributed by atoms with van der Waals surface area (Å²) < 4.78 is 0. The molecule has 0 saturated carbocycles. The van der Waals surface area contributed by atoms with Gasteiger partial charge in [0.15, 0.2) is 0 Å². The maximum Gasteiger partial charge on any atom is 0.256 e. The number of hydrogen-bond donors (Lipinski definition) is 1. The fraction of sp³-hybridized carbons (Fsp3) is 0.353. The van der Waals surface area contributed by atoms with Gasteiger partial charge in [-0.2, -0.15) is 0 Å². The smallest absolute Gasteiger partial charge is 0.256 e. The zero-order valence-corrected chi connectivity index (χ0v) is 13.5. The van der Waals surface area contributed by atoms with Crippen LogP contribution in [0.2, 0.25) is 0 Å². The Balaban J connectivity index is 1.70. The maximum absolute atomic E-state index is 12.3. The van der Waals surface area contributed by atoms with E-state index >= 15 is 0 Å². The molecule has 0 bridgehead atoms. The van der Waals surface area contributed by atoms with Crippen LogP contribution in [-0.4, -0.2) is 54.0 Å². The second-order valence-corrected chi connectivity index (χ2v) is 5.87. The third kappa shape index (κ3) is 3.84. The van der Waals surface area contributed by atoms with Gasteiger partial charge in [-0.05, 0) is 26.1 Å². The van der Waals surface area contributed by atoms with Crippen LogP contribution in [0.15, 0.2) is 36.7 Å². The normalized spacial score (nSPS) is 15.5. The summed E-state index contributed by atoms with van der Waals surface area (Å²) in [6, 6.07) is 9.30. The van der Waals surface area contributed by atoms with E-state index in [4.69, 9.17) is 0 Å². The van der Waals surface area contributed by atoms with E-state index in [0.29, 0.717) is 11.4 Å². The molecule has 1 aliphatic heterocycles. The van der Waals surface area contributed by atoms with Gasteiger partial charge in [-0.1, -0.05) is 17.7 Å². The Bertz CT molecular complexity index is 678. The molecule has 1 aromatic heterocycles. The van der Waals surface area contributed by atoms with E-state index in [-0.39, 0.29) is 5.91 Å². The molecule has 1 aromatic carbocycles. The lowest BCUT2D eigenvalue weighted by atomic mass is 10.1. The Hall–Kier alpha value is -2.47. The molecular weight excluding hydrogens is 290 g/mol. The molecule has 0 aliphatic carbocycles. The number of hydrogen-bond acceptors (Lipinski definition) is 5. The van der Waals surface area contributed by atoms with Crippen LogP contribution in [0.1, 0.15) is 15.9 Å². The summed E-state index contributed by atoms with van der Waals surface area (Å²) in [6.45, 7) is 5.87. The summed E-state index contributed by atoms with van der Waals surface area (Å²) in [7, 11) is 2.12. The van der Waals surface area contributed by atoms with Gasteiger partial charge in [0.25, 0.3) is 5.91 Å². The molecule has 0 unspecified atom stereocenters. The first kappa shape index (κ1) is 15.4. The van der Waals surface area contributed by atoms with E-state index in [1.807, 2.05) is 37.3 Å². The Morgan fingerprint density at radius 2 is 1.78 bits per heavy atom. The van der Waals surface area contributed by atoms with E-state index < -0.39 is 0 Å². The Kier molecular flexibility index (Phi) is 4.52. The molecule has 0 spiro atoms. The molecular formula is C17H21N5O. The number of piperazine rings is 1. The SMILES string of the molecule is Cc1ccc(C(=O)Nc2cc(N3CCN(C)CC3)ncn2)cc1. The van der Waals surface area contributed by atoms with Gasteiger partial charge in [0, 0.05) is 37.8 Å². The molecule has 3 rings (SSSR count). The average Bonchev–Trinajstić information content (AvgIpc) is 2.56. The van der Waals surface area contributed by atoms with Crippen LogP contribution in [0, 0.1) is 6.92 Å². The van der Waals surface area contributed by atoms with E-state index in [0.717, 1.165) is 37.6 Å². The minimum atomic E-state index is -0.159. The second-order valence-electron chi connectivity index (χ2n) is 5.87. The Morgan fingerprint density at radius 3 is 2.48 bits per heavy atom. The summed E-state index contributed by atoms with van der Waals surface area (Å²) in [5, 5.41) is 2.84. The molecule has 1 fully saturated rings. The van der Waals surface area contributed by atoms with Crippen molar-refractivity contribution in [2.24, 2.45) is 0 Å². The molecule has 0 radical (unpaired) electrons. The predicted octanol–water partition coefficient (Wildman–Crippen LogP) is 1.79. The van der Waals surface area contributed by atoms with Crippen molar-refractivity contribution in [2.45, 2.75) is 6.92 Å². The van der Waals surface area contributed by atoms with Crippen LogP contribution in [0.3, 0.4) is 0 Å². The molecule has 6 heteroatoms. The van der Waals surface area contributed by atoms with Crippen molar-refractivity contribution in [3.8, 4) is 0 Å². The third-order valence-electron chi connectivity index (χ3n) is 4.04. The summed E-state index contributed by atoms with van der Waals surface area (Å²) in [4.78, 5) is 25.2. The van der Waals surface area contributed by atoms with Crippen molar-refractivity contribution < 1.29 is 4.79 Å². The zero-order chi connectivity index (χ0) is 16.2. The molecule has 6 nitrogen and oxygen atoms in total. The summed E-state index contributed by atoms with van der Waals surface area (Å²) in [6.07, 6.45) is 1.50. The van der Waals surface area contributed by atoms with Crippen molar-refractivity contribution in [1.82, 2.24) is 14.9 Å². The minimum absolute atomic E-state index is 0.159. The second kappa shape index (κ2) is 6.75. The monoisotopic (exact) mass is 311 g/mol. The number of carbonyl (C=O) groups is 1. The number of aryl methyl sites for hydroxylation is 1. The average molecular weight is 311 g/mol. The first-order valence-corrected chi connectivity index (χ1v) is 7.75. The standard InChI is InChI=1S/C17H21N5O/c1-13-3-5-14(6-4-13)17(23)20-15-11-16(19-12-18-15)22-9-7-21(2)8-10-22/h3-6,11-12H,7-10H2,1-2H3,(H,18,19,20,23). The van der Waals surface area contributed by atoms with Crippen molar-refractivity contribution >= 4 is 17.5 Å². The topological polar surface area (TPSA) is 61.4 Å². The van der Waals surface area contributed by atoms with Crippen LogP contribution < -0.4 is 10.2 Å². The van der Waals surface area contributed by atoms with E-state index in [2.05, 4.69) is 32.1 Å². The van der Waals surface area contributed by atoms with Gasteiger partial charge in [0.1, 0.15) is 18.0 Å². The molecule has 120 valence electrons. The lowest BCUT2D eigenvalue weighted by Crippen LogP contribution is -2.44. The summed E-state index contributed by atoms with van der Waals surface area (Å²) in [5.74, 6) is 1.22. The zero-order valence-electron chi connectivity index (χ0n) is 13.5. The fourth-order valence-corrected chi connectivity index (χ4v) is 2.52. The highest BCUT2D eigenvalue weighted by atomic mass is 16.1. The van der Waals surface area contributed by atoms with Gasteiger partial charge in [-0.15, -0.1) is 0 Å². The van der Waals surface area contributed by atoms with E-state index in [9.17, 15) is 4.79 Å². The molecule has 1 aliphatic rings. The number of benzene rings is 1. The number of nitrogens with one attached hydrogen (secondary N) is 1. The predicted molar refractivity (Wildman–Crippen MR) is 90.9 cm³/mol. The first-order chi connectivity index (χ1) is 11.1. The molecule has 1 saturated heterocycles. The molecule has 23 heavy (non-hydrogen) atoms. The van der Waals surface area contributed by atoms with Crippen molar-refractivity contribution in [3.05, 3.63) is 47.8 Å². The number of rotatable bonds is 3. The van der Waals surface area contributed by atoms with Crippen LogP contribution in [-0.2, 0) is 0 Å². The largest absolute Gasteiger partial charge is 0.354 e. The molecule has 2 aromatic rings. The maximum atomic E-state index is 12.3. The van der Waals surface area contributed by atoms with Crippen molar-refractivity contribution in [2.75, 3.05) is 43.4 Å². The number of likely N-dealkylation sites (N-methyl/N-ethyl adjacent to an activating group) is 1. The first-order valence-electron chi connectivity index (χ1n) is 7.75. The van der Waals surface area contributed by atoms with Crippen LogP contribution in [0.5, 0.6) is 0 Å². The number of amides is 1. The Labute approximate surface area is 136 Å². The van der Waals surface area contributed by atoms with Crippen molar-refractivity contribution in [1.29, 1.82) is 0 Å². The number of aromatic nitrogens is 2. The number of carbonyl (C=O) groups excluding carboxylic acids is 1. The van der Waals surface area contributed by atoms with Gasteiger partial charge in [0.05, 0.1) is 0 Å². The van der Waals surface area contributed by atoms with Gasteiger partial charge in [-0.3, -0.25) is 4.79 Å². The van der Waals surface area contributed by atoms with E-state index in [1.54, 1.807) is 0 Å². The summed E-state index contributed by atoms with van der Waals surface area (Å²) in [5.41, 5.74) is 1.75. The van der Waals surface area contributed by atoms with Crippen LogP contribution in [0.25, 0.3) is 0 Å². The highest BCUT2D eigenvalue weighted by Crippen LogP contribution is 2.16. The summed E-state index contributed by atoms with van der Waals surface area (Å²) >= 11 is 0. The third-order valence-corrected chi connectivity index (χ3v) is 4.04. The number of nitrogens with zero attached hydrogens (tertiary/aromatic N) is 4. The molecule has 0 atom stereocenters. The van der Waals surface area contributed by atoms with Crippen LogP contribution >= 0.6 is 0 Å². The van der Waals surface area contributed by atoms with Gasteiger partial charge < -0.3 is 15.1 Å². The van der Waals surface area contributed by atoms with E-state index in [1.165, 1.54) is 6.33 Å². The minimum Gasteiger partial charge on any atom is -0.354 e. The quantitative estimate of drug-likeness (QED) is 0.936. The van der Waals surface area contributed by atoms with Crippen molar-refractivity contribution in [3.63, 3.8) is 0 Å².